The van der Waals surface area contributed by atoms with Gasteiger partial charge in [-0.2, -0.15) is 0 Å². The molecule has 2 heteroatoms. The number of nitrogens with zero attached hydrogens (tertiary/aromatic N) is 1. The third-order valence-electron chi connectivity index (χ3n) is 1.88. The second-order valence-corrected chi connectivity index (χ2v) is 2.51. The van der Waals surface area contributed by atoms with E-state index in [2.05, 4.69) is 43.0 Å². The molecule has 1 nitrogen and oxygen atoms in total. The summed E-state index contributed by atoms with van der Waals surface area (Å²) >= 11 is 0. The Morgan fingerprint density at radius 2 is 1.50 bits per heavy atom. The Balaban J connectivity index is 0.00000121. The van der Waals surface area contributed by atoms with Crippen LogP contribution in [0.1, 0.15) is 13.8 Å². The summed E-state index contributed by atoms with van der Waals surface area (Å²) in [6.45, 7) is 6.52. The Morgan fingerprint density at radius 1 is 1.00 bits per heavy atom. The van der Waals surface area contributed by atoms with Crippen molar-refractivity contribution in [2.45, 2.75) is 13.8 Å². The standard InChI is InChI=1S/C10H15N.Al/c1-3-11(4-2)10-8-6-5-7-9-10;/h5-9H,3-4H2,1-2H3;/q;+3. The molecular formula is C10H15AlN+3. The number of hydrogen-bond donors (Lipinski definition) is 0. The zero-order valence-electron chi connectivity index (χ0n) is 7.83. The van der Waals surface area contributed by atoms with Gasteiger partial charge in [-0.15, -0.1) is 0 Å². The molecule has 0 unspecified atom stereocenters. The summed E-state index contributed by atoms with van der Waals surface area (Å²) in [5.74, 6) is 0. The van der Waals surface area contributed by atoms with Gasteiger partial charge in [0.15, 0.2) is 0 Å². The van der Waals surface area contributed by atoms with Crippen LogP contribution in [0.4, 0.5) is 5.69 Å². The molecule has 1 aromatic rings. The molecule has 0 saturated carbocycles. The first kappa shape index (κ1) is 11.6. The summed E-state index contributed by atoms with van der Waals surface area (Å²) in [6, 6.07) is 10.5. The van der Waals surface area contributed by atoms with Crippen LogP contribution in [0, 0.1) is 0 Å². The van der Waals surface area contributed by atoms with Crippen molar-refractivity contribution >= 4 is 23.0 Å². The van der Waals surface area contributed by atoms with Gasteiger partial charge in [-0.1, -0.05) is 18.2 Å². The van der Waals surface area contributed by atoms with E-state index in [9.17, 15) is 0 Å². The van der Waals surface area contributed by atoms with E-state index >= 15 is 0 Å². The number of benzene rings is 1. The van der Waals surface area contributed by atoms with Gasteiger partial charge in [0.05, 0.1) is 0 Å². The van der Waals surface area contributed by atoms with Crippen LogP contribution in [0.5, 0.6) is 0 Å². The van der Waals surface area contributed by atoms with E-state index in [4.69, 9.17) is 0 Å². The SMILES string of the molecule is CCN(CC)c1ccccc1.[Al+3]. The third kappa shape index (κ3) is 2.89. The van der Waals surface area contributed by atoms with E-state index in [0.29, 0.717) is 0 Å². The van der Waals surface area contributed by atoms with Gasteiger partial charge in [0, 0.05) is 18.8 Å². The van der Waals surface area contributed by atoms with Crippen LogP contribution in [0.3, 0.4) is 0 Å². The first-order valence-electron chi connectivity index (χ1n) is 4.18. The van der Waals surface area contributed by atoms with Crippen molar-refractivity contribution in [2.24, 2.45) is 0 Å². The average molecular weight is 176 g/mol. The molecule has 0 fully saturated rings. The zero-order chi connectivity index (χ0) is 8.10. The molecule has 0 radical (unpaired) electrons. The molecule has 0 aliphatic heterocycles. The predicted molar refractivity (Wildman–Crippen MR) is 55.8 cm³/mol. The topological polar surface area (TPSA) is 3.24 Å². The molecule has 0 amide bonds. The Labute approximate surface area is 85.5 Å². The molecule has 12 heavy (non-hydrogen) atoms. The van der Waals surface area contributed by atoms with Crippen LogP contribution >= 0.6 is 0 Å². The van der Waals surface area contributed by atoms with Crippen molar-refractivity contribution < 1.29 is 0 Å². The van der Waals surface area contributed by atoms with E-state index < -0.39 is 0 Å². The second kappa shape index (κ2) is 6.11. The monoisotopic (exact) mass is 176 g/mol. The molecule has 0 aromatic heterocycles. The molecule has 60 valence electrons. The van der Waals surface area contributed by atoms with Crippen LogP contribution in [0.2, 0.25) is 0 Å². The Bertz CT molecular complexity index is 194. The Hall–Kier alpha value is -0.448. The molecule has 0 atom stereocenters. The molecule has 0 aliphatic carbocycles. The third-order valence-corrected chi connectivity index (χ3v) is 1.88. The minimum absolute atomic E-state index is 0. The quantitative estimate of drug-likeness (QED) is 0.638. The van der Waals surface area contributed by atoms with Crippen molar-refractivity contribution in [1.82, 2.24) is 0 Å². The number of para-hydroxylation sites is 1. The van der Waals surface area contributed by atoms with Gasteiger partial charge in [0.25, 0.3) is 0 Å². The van der Waals surface area contributed by atoms with Gasteiger partial charge in [-0.25, -0.2) is 0 Å². The van der Waals surface area contributed by atoms with E-state index in [1.54, 1.807) is 0 Å². The number of rotatable bonds is 3. The summed E-state index contributed by atoms with van der Waals surface area (Å²) in [4.78, 5) is 2.33. The Kier molecular flexibility index (Phi) is 5.88. The zero-order valence-corrected chi connectivity index (χ0v) is 8.98. The smallest absolute Gasteiger partial charge is 0.372 e. The van der Waals surface area contributed by atoms with Gasteiger partial charge in [-0.3, -0.25) is 0 Å². The molecule has 0 saturated heterocycles. The number of hydrogen-bond acceptors (Lipinski definition) is 1. The van der Waals surface area contributed by atoms with Crippen LogP contribution in [-0.2, 0) is 0 Å². The van der Waals surface area contributed by atoms with Gasteiger partial charge in [0.1, 0.15) is 0 Å². The van der Waals surface area contributed by atoms with Gasteiger partial charge in [-0.05, 0) is 26.0 Å². The molecule has 0 bridgehead atoms. The average Bonchev–Trinajstić information content (AvgIpc) is 2.09. The molecular weight excluding hydrogens is 161 g/mol. The summed E-state index contributed by atoms with van der Waals surface area (Å²) in [6.07, 6.45) is 0. The van der Waals surface area contributed by atoms with Crippen LogP contribution in [0.25, 0.3) is 0 Å². The van der Waals surface area contributed by atoms with E-state index in [0.717, 1.165) is 13.1 Å². The van der Waals surface area contributed by atoms with Crippen LogP contribution < -0.4 is 4.90 Å². The van der Waals surface area contributed by atoms with Crippen molar-refractivity contribution in [3.8, 4) is 0 Å². The molecule has 0 heterocycles. The van der Waals surface area contributed by atoms with Crippen molar-refractivity contribution in [1.29, 1.82) is 0 Å². The predicted octanol–water partition coefficient (Wildman–Crippen LogP) is 2.15. The number of anilines is 1. The van der Waals surface area contributed by atoms with Gasteiger partial charge in [0.2, 0.25) is 0 Å². The van der Waals surface area contributed by atoms with Crippen molar-refractivity contribution in [3.63, 3.8) is 0 Å². The minimum atomic E-state index is 0. The first-order chi connectivity index (χ1) is 5.38. The maximum Gasteiger partial charge on any atom is 3.00 e. The molecule has 0 spiro atoms. The normalized spacial score (nSPS) is 8.83. The van der Waals surface area contributed by atoms with E-state index in [-0.39, 0.29) is 17.4 Å². The van der Waals surface area contributed by atoms with Crippen molar-refractivity contribution in [3.05, 3.63) is 30.3 Å². The fraction of sp³-hybridized carbons (Fsp3) is 0.400. The van der Waals surface area contributed by atoms with Gasteiger partial charge < -0.3 is 4.90 Å². The molecule has 0 N–H and O–H groups in total. The van der Waals surface area contributed by atoms with Crippen LogP contribution in [-0.4, -0.2) is 30.5 Å². The minimum Gasteiger partial charge on any atom is -0.372 e. The fourth-order valence-electron chi connectivity index (χ4n) is 1.23. The summed E-state index contributed by atoms with van der Waals surface area (Å²) in [7, 11) is 0. The van der Waals surface area contributed by atoms with Gasteiger partial charge >= 0.3 is 17.4 Å². The summed E-state index contributed by atoms with van der Waals surface area (Å²) in [5.41, 5.74) is 1.32. The summed E-state index contributed by atoms with van der Waals surface area (Å²) in [5, 5.41) is 0. The molecule has 1 aromatic carbocycles. The maximum atomic E-state index is 2.33. The molecule has 1 rings (SSSR count). The van der Waals surface area contributed by atoms with E-state index in [1.165, 1.54) is 5.69 Å². The molecule has 0 aliphatic rings. The van der Waals surface area contributed by atoms with Crippen LogP contribution in [0.15, 0.2) is 30.3 Å². The fourth-order valence-corrected chi connectivity index (χ4v) is 1.23. The first-order valence-corrected chi connectivity index (χ1v) is 4.18. The van der Waals surface area contributed by atoms with E-state index in [1.807, 2.05) is 6.07 Å². The second-order valence-electron chi connectivity index (χ2n) is 2.51. The Morgan fingerprint density at radius 3 is 1.92 bits per heavy atom. The van der Waals surface area contributed by atoms with Crippen molar-refractivity contribution in [2.75, 3.05) is 18.0 Å². The maximum absolute atomic E-state index is 2.33. The summed E-state index contributed by atoms with van der Waals surface area (Å²) < 4.78 is 0. The largest absolute Gasteiger partial charge is 3.00 e.